The summed E-state index contributed by atoms with van der Waals surface area (Å²) in [7, 11) is 1.34. The molecule has 0 atom stereocenters. The van der Waals surface area contributed by atoms with Gasteiger partial charge in [0.25, 0.3) is 0 Å². The van der Waals surface area contributed by atoms with Crippen LogP contribution in [0.5, 0.6) is 5.88 Å². The SMILES string of the molecule is COC(=O)c1cc2n(n1)CC(C)(C)CO2. The molecule has 2 heterocycles. The van der Waals surface area contributed by atoms with Gasteiger partial charge in [-0.15, -0.1) is 0 Å². The predicted molar refractivity (Wildman–Crippen MR) is 52.8 cm³/mol. The van der Waals surface area contributed by atoms with Gasteiger partial charge in [0.15, 0.2) is 5.69 Å². The van der Waals surface area contributed by atoms with Crippen molar-refractivity contribution in [2.45, 2.75) is 20.4 Å². The van der Waals surface area contributed by atoms with Crippen LogP contribution in [0.2, 0.25) is 0 Å². The second kappa shape index (κ2) is 3.25. The molecular weight excluding hydrogens is 196 g/mol. The van der Waals surface area contributed by atoms with Crippen LogP contribution < -0.4 is 4.74 Å². The number of esters is 1. The number of methoxy groups -OCH3 is 1. The molecule has 0 aliphatic carbocycles. The number of carbonyl (C=O) groups is 1. The van der Waals surface area contributed by atoms with E-state index in [0.717, 1.165) is 6.54 Å². The van der Waals surface area contributed by atoms with E-state index < -0.39 is 5.97 Å². The van der Waals surface area contributed by atoms with Gasteiger partial charge >= 0.3 is 5.97 Å². The van der Waals surface area contributed by atoms with Crippen LogP contribution in [0.3, 0.4) is 0 Å². The molecule has 0 bridgehead atoms. The van der Waals surface area contributed by atoms with Crippen LogP contribution in [0.25, 0.3) is 0 Å². The molecule has 0 fully saturated rings. The average Bonchev–Trinajstić information content (AvgIpc) is 2.57. The van der Waals surface area contributed by atoms with Gasteiger partial charge < -0.3 is 9.47 Å². The summed E-state index contributed by atoms with van der Waals surface area (Å²) in [5, 5.41) is 4.13. The summed E-state index contributed by atoms with van der Waals surface area (Å²) >= 11 is 0. The van der Waals surface area contributed by atoms with E-state index in [1.54, 1.807) is 10.7 Å². The molecule has 1 aromatic heterocycles. The van der Waals surface area contributed by atoms with Crippen LogP contribution in [-0.4, -0.2) is 29.5 Å². The lowest BCUT2D eigenvalue weighted by Gasteiger charge is -2.29. The number of aromatic nitrogens is 2. The quantitative estimate of drug-likeness (QED) is 0.651. The fourth-order valence-corrected chi connectivity index (χ4v) is 1.55. The van der Waals surface area contributed by atoms with E-state index in [2.05, 4.69) is 23.7 Å². The number of fused-ring (bicyclic) bond motifs is 1. The average molecular weight is 210 g/mol. The summed E-state index contributed by atoms with van der Waals surface area (Å²) in [6.07, 6.45) is 0. The Bertz CT molecular complexity index is 395. The summed E-state index contributed by atoms with van der Waals surface area (Å²) in [5.74, 6) is 0.202. The fourth-order valence-electron chi connectivity index (χ4n) is 1.55. The first kappa shape index (κ1) is 10.0. The smallest absolute Gasteiger partial charge is 0.358 e. The molecule has 15 heavy (non-hydrogen) atoms. The topological polar surface area (TPSA) is 53.4 Å². The van der Waals surface area contributed by atoms with Gasteiger partial charge in [-0.05, 0) is 0 Å². The van der Waals surface area contributed by atoms with Crippen molar-refractivity contribution >= 4 is 5.97 Å². The molecule has 82 valence electrons. The molecule has 0 spiro atoms. The van der Waals surface area contributed by atoms with E-state index in [4.69, 9.17) is 4.74 Å². The minimum Gasteiger partial charge on any atom is -0.477 e. The summed E-state index contributed by atoms with van der Waals surface area (Å²) < 4.78 is 11.8. The Balaban J connectivity index is 2.29. The summed E-state index contributed by atoms with van der Waals surface area (Å²) in [6, 6.07) is 1.61. The maximum absolute atomic E-state index is 11.2. The molecule has 0 saturated carbocycles. The van der Waals surface area contributed by atoms with Crippen LogP contribution in [0.15, 0.2) is 6.07 Å². The van der Waals surface area contributed by atoms with E-state index in [1.807, 2.05) is 0 Å². The second-order valence-corrected chi connectivity index (χ2v) is 4.47. The Kier molecular flexibility index (Phi) is 2.17. The third-order valence-corrected chi connectivity index (χ3v) is 2.33. The minimum absolute atomic E-state index is 0.0480. The first-order chi connectivity index (χ1) is 7.02. The number of ether oxygens (including phenoxy) is 2. The molecule has 0 aromatic carbocycles. The molecule has 0 amide bonds. The molecule has 1 aliphatic heterocycles. The van der Waals surface area contributed by atoms with Crippen molar-refractivity contribution in [1.82, 2.24) is 9.78 Å². The highest BCUT2D eigenvalue weighted by atomic mass is 16.5. The van der Waals surface area contributed by atoms with Gasteiger partial charge in [0.1, 0.15) is 0 Å². The van der Waals surface area contributed by atoms with Gasteiger partial charge in [0.2, 0.25) is 5.88 Å². The van der Waals surface area contributed by atoms with Crippen LogP contribution in [0.4, 0.5) is 0 Å². The van der Waals surface area contributed by atoms with Crippen molar-refractivity contribution in [3.63, 3.8) is 0 Å². The van der Waals surface area contributed by atoms with Crippen molar-refractivity contribution in [1.29, 1.82) is 0 Å². The Morgan fingerprint density at radius 1 is 1.67 bits per heavy atom. The molecule has 5 heteroatoms. The van der Waals surface area contributed by atoms with E-state index in [0.29, 0.717) is 18.2 Å². The van der Waals surface area contributed by atoms with Crippen LogP contribution in [0.1, 0.15) is 24.3 Å². The number of hydrogen-bond acceptors (Lipinski definition) is 4. The van der Waals surface area contributed by atoms with Crippen LogP contribution in [0, 0.1) is 5.41 Å². The molecule has 0 radical (unpaired) electrons. The van der Waals surface area contributed by atoms with Gasteiger partial charge in [0, 0.05) is 11.5 Å². The first-order valence-electron chi connectivity index (χ1n) is 4.81. The highest BCUT2D eigenvalue weighted by molar-refractivity contribution is 5.87. The van der Waals surface area contributed by atoms with Gasteiger partial charge in [-0.2, -0.15) is 5.10 Å². The molecular formula is C10H14N2O3. The fraction of sp³-hybridized carbons (Fsp3) is 0.600. The van der Waals surface area contributed by atoms with E-state index in [1.165, 1.54) is 7.11 Å². The van der Waals surface area contributed by atoms with Gasteiger partial charge in [-0.1, -0.05) is 13.8 Å². The van der Waals surface area contributed by atoms with E-state index in [9.17, 15) is 4.79 Å². The zero-order chi connectivity index (χ0) is 11.1. The molecule has 0 saturated heterocycles. The molecule has 1 aromatic rings. The van der Waals surface area contributed by atoms with Crippen molar-refractivity contribution < 1.29 is 14.3 Å². The largest absolute Gasteiger partial charge is 0.477 e. The Morgan fingerprint density at radius 2 is 2.40 bits per heavy atom. The molecule has 0 N–H and O–H groups in total. The lowest BCUT2D eigenvalue weighted by molar-refractivity contribution is 0.0591. The highest BCUT2D eigenvalue weighted by Gasteiger charge is 2.29. The molecule has 5 nitrogen and oxygen atoms in total. The van der Waals surface area contributed by atoms with Gasteiger partial charge in [-0.25, -0.2) is 9.48 Å². The van der Waals surface area contributed by atoms with Crippen molar-refractivity contribution in [2.24, 2.45) is 5.41 Å². The summed E-state index contributed by atoms with van der Waals surface area (Å²) in [5.41, 5.74) is 0.345. The Morgan fingerprint density at radius 3 is 3.07 bits per heavy atom. The Labute approximate surface area is 88.0 Å². The van der Waals surface area contributed by atoms with Crippen LogP contribution in [-0.2, 0) is 11.3 Å². The maximum Gasteiger partial charge on any atom is 0.358 e. The number of hydrogen-bond donors (Lipinski definition) is 0. The maximum atomic E-state index is 11.2. The van der Waals surface area contributed by atoms with Crippen LogP contribution >= 0.6 is 0 Å². The van der Waals surface area contributed by atoms with Crippen molar-refractivity contribution in [2.75, 3.05) is 13.7 Å². The Hall–Kier alpha value is -1.52. The third-order valence-electron chi connectivity index (χ3n) is 2.33. The monoisotopic (exact) mass is 210 g/mol. The minimum atomic E-state index is -0.432. The van der Waals surface area contributed by atoms with Crippen molar-refractivity contribution in [3.05, 3.63) is 11.8 Å². The zero-order valence-electron chi connectivity index (χ0n) is 9.11. The van der Waals surface area contributed by atoms with Gasteiger partial charge in [0.05, 0.1) is 20.3 Å². The summed E-state index contributed by atoms with van der Waals surface area (Å²) in [4.78, 5) is 11.2. The molecule has 2 rings (SSSR count). The highest BCUT2D eigenvalue weighted by Crippen LogP contribution is 2.28. The predicted octanol–water partition coefficient (Wildman–Crippen LogP) is 1.09. The van der Waals surface area contributed by atoms with Crippen molar-refractivity contribution in [3.8, 4) is 5.88 Å². The lowest BCUT2D eigenvalue weighted by Crippen LogP contribution is -2.32. The first-order valence-corrected chi connectivity index (χ1v) is 4.81. The number of nitrogens with zero attached hydrogens (tertiary/aromatic N) is 2. The van der Waals surface area contributed by atoms with E-state index >= 15 is 0 Å². The third kappa shape index (κ3) is 1.82. The normalized spacial score (nSPS) is 17.8. The standard InChI is InChI=1S/C10H14N2O3/c1-10(2)5-12-8(15-6-10)4-7(11-12)9(13)14-3/h4H,5-6H2,1-3H3. The molecule has 0 unspecified atom stereocenters. The lowest BCUT2D eigenvalue weighted by atomic mass is 9.94. The zero-order valence-corrected chi connectivity index (χ0v) is 9.11. The molecule has 1 aliphatic rings. The number of carbonyl (C=O) groups excluding carboxylic acids is 1. The second-order valence-electron chi connectivity index (χ2n) is 4.47. The van der Waals surface area contributed by atoms with Gasteiger partial charge in [-0.3, -0.25) is 0 Å². The van der Waals surface area contributed by atoms with E-state index in [-0.39, 0.29) is 5.41 Å². The number of rotatable bonds is 1. The summed E-state index contributed by atoms with van der Waals surface area (Å²) in [6.45, 7) is 5.57.